The Kier molecular flexibility index (Phi) is 4.67. The average molecular weight is 340 g/mol. The zero-order valence-corrected chi connectivity index (χ0v) is 14.3. The van der Waals surface area contributed by atoms with Gasteiger partial charge in [-0.15, -0.1) is 0 Å². The highest BCUT2D eigenvalue weighted by atomic mass is 35.5. The summed E-state index contributed by atoms with van der Waals surface area (Å²) in [6, 6.07) is 15.3. The fourth-order valence-corrected chi connectivity index (χ4v) is 2.89. The van der Waals surface area contributed by atoms with Gasteiger partial charge in [-0.1, -0.05) is 42.8 Å². The van der Waals surface area contributed by atoms with Crippen LogP contribution in [0, 0.1) is 6.92 Å². The standard InChI is InChI=1S/C19H18ClN3O/c1-3-18-15(12-21-23(18)14-7-5-4-6-8-14)19(24)22-17-10-9-13(2)11-16(17)20/h4-12H,3H2,1-2H3,(H,22,24). The number of aryl methyl sites for hydroxylation is 1. The van der Waals surface area contributed by atoms with Crippen LogP contribution in [0.15, 0.2) is 54.7 Å². The molecule has 0 aliphatic heterocycles. The monoisotopic (exact) mass is 339 g/mol. The predicted molar refractivity (Wildman–Crippen MR) is 97.1 cm³/mol. The maximum Gasteiger partial charge on any atom is 0.259 e. The van der Waals surface area contributed by atoms with E-state index in [0.717, 1.165) is 16.9 Å². The number of halogens is 1. The maximum absolute atomic E-state index is 12.7. The van der Waals surface area contributed by atoms with E-state index in [0.29, 0.717) is 22.7 Å². The number of rotatable bonds is 4. The fraction of sp³-hybridized carbons (Fsp3) is 0.158. The van der Waals surface area contributed by atoms with E-state index >= 15 is 0 Å². The smallest absolute Gasteiger partial charge is 0.259 e. The second kappa shape index (κ2) is 6.89. The lowest BCUT2D eigenvalue weighted by atomic mass is 10.1. The van der Waals surface area contributed by atoms with E-state index in [1.54, 1.807) is 10.9 Å². The van der Waals surface area contributed by atoms with Gasteiger partial charge in [-0.05, 0) is 43.2 Å². The number of benzene rings is 2. The van der Waals surface area contributed by atoms with Gasteiger partial charge >= 0.3 is 0 Å². The van der Waals surface area contributed by atoms with Gasteiger partial charge in [0.1, 0.15) is 0 Å². The molecule has 0 saturated carbocycles. The van der Waals surface area contributed by atoms with Crippen molar-refractivity contribution in [2.45, 2.75) is 20.3 Å². The summed E-state index contributed by atoms with van der Waals surface area (Å²) in [6.07, 6.45) is 2.29. The highest BCUT2D eigenvalue weighted by Crippen LogP contribution is 2.24. The molecule has 0 aliphatic rings. The Bertz CT molecular complexity index is 872. The number of aromatic nitrogens is 2. The van der Waals surface area contributed by atoms with Crippen molar-refractivity contribution >= 4 is 23.2 Å². The molecule has 4 nitrogen and oxygen atoms in total. The van der Waals surface area contributed by atoms with Gasteiger partial charge in [-0.3, -0.25) is 4.79 Å². The molecule has 0 atom stereocenters. The highest BCUT2D eigenvalue weighted by Gasteiger charge is 2.18. The maximum atomic E-state index is 12.7. The Morgan fingerprint density at radius 1 is 1.21 bits per heavy atom. The normalized spacial score (nSPS) is 10.6. The number of hydrogen-bond donors (Lipinski definition) is 1. The van der Waals surface area contributed by atoms with Crippen LogP contribution in [0.3, 0.4) is 0 Å². The van der Waals surface area contributed by atoms with Crippen LogP contribution in [0.5, 0.6) is 0 Å². The summed E-state index contributed by atoms with van der Waals surface area (Å²) in [4.78, 5) is 12.7. The summed E-state index contributed by atoms with van der Waals surface area (Å²) in [7, 11) is 0. The molecule has 0 spiro atoms. The molecule has 0 aliphatic carbocycles. The minimum Gasteiger partial charge on any atom is -0.321 e. The van der Waals surface area contributed by atoms with Crippen molar-refractivity contribution in [1.82, 2.24) is 9.78 Å². The van der Waals surface area contributed by atoms with Crippen molar-refractivity contribution in [3.8, 4) is 5.69 Å². The Hall–Kier alpha value is -2.59. The second-order valence-corrected chi connectivity index (χ2v) is 5.95. The van der Waals surface area contributed by atoms with E-state index in [9.17, 15) is 4.79 Å². The first-order chi connectivity index (χ1) is 11.6. The quantitative estimate of drug-likeness (QED) is 0.752. The Labute approximate surface area is 146 Å². The SMILES string of the molecule is CCc1c(C(=O)Nc2ccc(C)cc2Cl)cnn1-c1ccccc1. The van der Waals surface area contributed by atoms with E-state index in [1.165, 1.54) is 0 Å². The minimum absolute atomic E-state index is 0.209. The van der Waals surface area contributed by atoms with Crippen LogP contribution >= 0.6 is 11.6 Å². The minimum atomic E-state index is -0.209. The van der Waals surface area contributed by atoms with Crippen LogP contribution in [0.4, 0.5) is 5.69 Å². The molecule has 1 heterocycles. The molecule has 0 unspecified atom stereocenters. The zero-order valence-electron chi connectivity index (χ0n) is 13.6. The van der Waals surface area contributed by atoms with Crippen molar-refractivity contribution in [2.24, 2.45) is 0 Å². The van der Waals surface area contributed by atoms with Gasteiger partial charge in [0, 0.05) is 0 Å². The first kappa shape index (κ1) is 16.3. The molecule has 3 rings (SSSR count). The van der Waals surface area contributed by atoms with Crippen LogP contribution < -0.4 is 5.32 Å². The fourth-order valence-electron chi connectivity index (χ4n) is 2.61. The van der Waals surface area contributed by atoms with Gasteiger partial charge in [0.25, 0.3) is 5.91 Å². The Balaban J connectivity index is 1.92. The molecule has 24 heavy (non-hydrogen) atoms. The molecule has 0 saturated heterocycles. The van der Waals surface area contributed by atoms with E-state index < -0.39 is 0 Å². The third-order valence-corrected chi connectivity index (χ3v) is 4.13. The van der Waals surface area contributed by atoms with Crippen molar-refractivity contribution < 1.29 is 4.79 Å². The van der Waals surface area contributed by atoms with Crippen LogP contribution in [0.1, 0.15) is 28.5 Å². The van der Waals surface area contributed by atoms with E-state index in [-0.39, 0.29) is 5.91 Å². The molecule has 3 aromatic rings. The van der Waals surface area contributed by atoms with E-state index in [2.05, 4.69) is 10.4 Å². The molecule has 0 radical (unpaired) electrons. The van der Waals surface area contributed by atoms with Gasteiger partial charge in [0.2, 0.25) is 0 Å². The molecule has 1 aromatic heterocycles. The number of nitrogens with zero attached hydrogens (tertiary/aromatic N) is 2. The summed E-state index contributed by atoms with van der Waals surface area (Å²) < 4.78 is 1.80. The van der Waals surface area contributed by atoms with Crippen molar-refractivity contribution in [1.29, 1.82) is 0 Å². The van der Waals surface area contributed by atoms with Crippen molar-refractivity contribution in [3.05, 3.63) is 76.6 Å². The highest BCUT2D eigenvalue weighted by molar-refractivity contribution is 6.34. The number of nitrogens with one attached hydrogen (secondary N) is 1. The van der Waals surface area contributed by atoms with Gasteiger partial charge in [0.15, 0.2) is 0 Å². The van der Waals surface area contributed by atoms with Crippen LogP contribution in [-0.4, -0.2) is 15.7 Å². The van der Waals surface area contributed by atoms with Crippen LogP contribution in [-0.2, 0) is 6.42 Å². The number of carbonyl (C=O) groups is 1. The third-order valence-electron chi connectivity index (χ3n) is 3.82. The molecule has 1 amide bonds. The lowest BCUT2D eigenvalue weighted by Crippen LogP contribution is -2.14. The van der Waals surface area contributed by atoms with E-state index in [1.807, 2.05) is 62.4 Å². The average Bonchev–Trinajstić information content (AvgIpc) is 3.02. The van der Waals surface area contributed by atoms with Gasteiger partial charge in [0.05, 0.1) is 33.9 Å². The molecule has 0 bridgehead atoms. The molecule has 0 fully saturated rings. The van der Waals surface area contributed by atoms with Crippen molar-refractivity contribution in [2.75, 3.05) is 5.32 Å². The van der Waals surface area contributed by atoms with Crippen molar-refractivity contribution in [3.63, 3.8) is 0 Å². The number of anilines is 1. The first-order valence-electron chi connectivity index (χ1n) is 7.80. The lowest BCUT2D eigenvalue weighted by molar-refractivity contribution is 0.102. The zero-order chi connectivity index (χ0) is 17.1. The lowest BCUT2D eigenvalue weighted by Gasteiger charge is -2.10. The Morgan fingerprint density at radius 3 is 2.62 bits per heavy atom. The molecule has 1 N–H and O–H groups in total. The number of hydrogen-bond acceptors (Lipinski definition) is 2. The molecule has 122 valence electrons. The summed E-state index contributed by atoms with van der Waals surface area (Å²) >= 11 is 6.20. The predicted octanol–water partition coefficient (Wildman–Crippen LogP) is 4.65. The topological polar surface area (TPSA) is 46.9 Å². The van der Waals surface area contributed by atoms with E-state index in [4.69, 9.17) is 11.6 Å². The summed E-state index contributed by atoms with van der Waals surface area (Å²) in [5.41, 5.74) is 3.99. The Morgan fingerprint density at radius 2 is 1.96 bits per heavy atom. The largest absolute Gasteiger partial charge is 0.321 e. The summed E-state index contributed by atoms with van der Waals surface area (Å²) in [5.74, 6) is -0.209. The van der Waals surface area contributed by atoms with Gasteiger partial charge in [-0.2, -0.15) is 5.10 Å². The number of carbonyl (C=O) groups excluding carboxylic acids is 1. The first-order valence-corrected chi connectivity index (χ1v) is 8.17. The number of para-hydroxylation sites is 1. The van der Waals surface area contributed by atoms with Crippen LogP contribution in [0.2, 0.25) is 5.02 Å². The van der Waals surface area contributed by atoms with Crippen LogP contribution in [0.25, 0.3) is 5.69 Å². The van der Waals surface area contributed by atoms with Gasteiger partial charge < -0.3 is 5.32 Å². The third kappa shape index (κ3) is 3.19. The van der Waals surface area contributed by atoms with Gasteiger partial charge in [-0.25, -0.2) is 4.68 Å². The summed E-state index contributed by atoms with van der Waals surface area (Å²) in [6.45, 7) is 3.96. The molecule has 2 aromatic carbocycles. The number of amides is 1. The molecule has 5 heteroatoms. The second-order valence-electron chi connectivity index (χ2n) is 5.54. The molecular weight excluding hydrogens is 322 g/mol. The summed E-state index contributed by atoms with van der Waals surface area (Å²) in [5, 5.41) is 7.77. The molecular formula is C19H18ClN3O.